The van der Waals surface area contributed by atoms with Gasteiger partial charge in [0.2, 0.25) is 5.88 Å². The molecule has 30 heavy (non-hydrogen) atoms. The maximum absolute atomic E-state index is 13.7. The third-order valence-corrected chi connectivity index (χ3v) is 5.22. The van der Waals surface area contributed by atoms with Crippen molar-refractivity contribution in [3.05, 3.63) is 52.3 Å². The van der Waals surface area contributed by atoms with Crippen LogP contribution in [-0.4, -0.2) is 26.5 Å². The second kappa shape index (κ2) is 7.74. The molecular formula is C18H14ClF3N6OS. The molecule has 0 saturated carbocycles. The Morgan fingerprint density at radius 3 is 2.73 bits per heavy atom. The summed E-state index contributed by atoms with van der Waals surface area (Å²) in [6, 6.07) is 4.87. The van der Waals surface area contributed by atoms with Gasteiger partial charge in [0, 0.05) is 24.2 Å². The van der Waals surface area contributed by atoms with Crippen LogP contribution in [-0.2, 0) is 12.7 Å². The van der Waals surface area contributed by atoms with Gasteiger partial charge in [0.1, 0.15) is 11.4 Å². The minimum absolute atomic E-state index is 0.0157. The van der Waals surface area contributed by atoms with Gasteiger partial charge in [-0.1, -0.05) is 11.6 Å². The zero-order valence-electron chi connectivity index (χ0n) is 15.4. The third-order valence-electron chi connectivity index (χ3n) is 4.18. The van der Waals surface area contributed by atoms with Crippen LogP contribution in [0.5, 0.6) is 5.88 Å². The van der Waals surface area contributed by atoms with E-state index in [0.717, 1.165) is 11.3 Å². The second-order valence-electron chi connectivity index (χ2n) is 6.15. The van der Waals surface area contributed by atoms with Crippen LogP contribution >= 0.6 is 22.9 Å². The number of anilines is 2. The largest absolute Gasteiger partial charge is 0.481 e. The maximum Gasteiger partial charge on any atom is 0.435 e. The summed E-state index contributed by atoms with van der Waals surface area (Å²) in [5.41, 5.74) is 5.65. The van der Waals surface area contributed by atoms with Crippen molar-refractivity contribution in [1.82, 2.24) is 19.4 Å². The summed E-state index contributed by atoms with van der Waals surface area (Å²) in [4.78, 5) is 12.1. The van der Waals surface area contributed by atoms with Gasteiger partial charge in [-0.15, -0.1) is 11.3 Å². The molecule has 0 amide bonds. The lowest BCUT2D eigenvalue weighted by Crippen LogP contribution is -2.08. The van der Waals surface area contributed by atoms with Gasteiger partial charge in [-0.3, -0.25) is 4.40 Å². The fourth-order valence-corrected chi connectivity index (χ4v) is 3.84. The van der Waals surface area contributed by atoms with Gasteiger partial charge >= 0.3 is 6.18 Å². The molecule has 4 rings (SSSR count). The van der Waals surface area contributed by atoms with Gasteiger partial charge in [0.25, 0.3) is 0 Å². The second-order valence-corrected chi connectivity index (χ2v) is 7.42. The number of halogens is 4. The van der Waals surface area contributed by atoms with Gasteiger partial charge in [0.05, 0.1) is 24.0 Å². The monoisotopic (exact) mass is 454 g/mol. The van der Waals surface area contributed by atoms with Crippen molar-refractivity contribution in [1.29, 1.82) is 0 Å². The van der Waals surface area contributed by atoms with Crippen LogP contribution in [0.3, 0.4) is 0 Å². The predicted octanol–water partition coefficient (Wildman–Crippen LogP) is 4.74. The number of hydrogen-bond donors (Lipinski definition) is 2. The van der Waals surface area contributed by atoms with E-state index in [2.05, 4.69) is 20.3 Å². The number of nitrogens with one attached hydrogen (secondary N) is 1. The maximum atomic E-state index is 13.7. The van der Waals surface area contributed by atoms with Crippen LogP contribution in [0.4, 0.5) is 24.0 Å². The highest BCUT2D eigenvalue weighted by molar-refractivity contribution is 7.14. The fourth-order valence-electron chi connectivity index (χ4n) is 2.85. The number of ether oxygens (including phenoxy) is 1. The zero-order valence-corrected chi connectivity index (χ0v) is 16.9. The Kier molecular flexibility index (Phi) is 5.26. The molecule has 7 nitrogen and oxygen atoms in total. The number of imidazole rings is 1. The van der Waals surface area contributed by atoms with Crippen molar-refractivity contribution in [3.63, 3.8) is 0 Å². The van der Waals surface area contributed by atoms with Gasteiger partial charge in [0.15, 0.2) is 16.5 Å². The molecule has 0 fully saturated rings. The summed E-state index contributed by atoms with van der Waals surface area (Å²) >= 11 is 7.29. The molecular weight excluding hydrogens is 441 g/mol. The standard InChI is InChI=1S/C18H14ClF3N6OS/c1-29-13-3-2-10(6-24-13)25-17-26-12(8-30-17)14-15(18(20,21)22)27-16-11(19)4-9(5-23)7-28(14)16/h2-4,6-8H,5,23H2,1H3,(H,25,26). The molecule has 0 atom stereocenters. The first kappa shape index (κ1) is 20.4. The average Bonchev–Trinajstić information content (AvgIpc) is 3.32. The first-order valence-electron chi connectivity index (χ1n) is 8.51. The number of alkyl halides is 3. The van der Waals surface area contributed by atoms with Crippen molar-refractivity contribution in [3.8, 4) is 17.3 Å². The molecule has 12 heteroatoms. The zero-order chi connectivity index (χ0) is 21.5. The average molecular weight is 455 g/mol. The minimum Gasteiger partial charge on any atom is -0.481 e. The first-order chi connectivity index (χ1) is 14.3. The SMILES string of the molecule is COc1ccc(Nc2nc(-c3c(C(F)(F)F)nc4c(Cl)cc(CN)cn34)cs2)cn1. The Morgan fingerprint density at radius 1 is 1.30 bits per heavy atom. The molecule has 156 valence electrons. The van der Waals surface area contributed by atoms with Crippen LogP contribution in [0.1, 0.15) is 11.3 Å². The molecule has 0 radical (unpaired) electrons. The van der Waals surface area contributed by atoms with Crippen molar-refractivity contribution in [2.45, 2.75) is 12.7 Å². The number of nitrogens with zero attached hydrogens (tertiary/aromatic N) is 4. The van der Waals surface area contributed by atoms with E-state index in [0.29, 0.717) is 22.3 Å². The smallest absolute Gasteiger partial charge is 0.435 e. The number of aromatic nitrogens is 4. The van der Waals surface area contributed by atoms with E-state index in [1.54, 1.807) is 12.1 Å². The Balaban J connectivity index is 1.79. The number of thiazole rings is 1. The molecule has 0 saturated heterocycles. The molecule has 0 bridgehead atoms. The van der Waals surface area contributed by atoms with Crippen LogP contribution in [0.25, 0.3) is 17.0 Å². The van der Waals surface area contributed by atoms with Crippen LogP contribution in [0.15, 0.2) is 36.0 Å². The highest BCUT2D eigenvalue weighted by Crippen LogP contribution is 2.39. The number of rotatable bonds is 5. The summed E-state index contributed by atoms with van der Waals surface area (Å²) in [5.74, 6) is 0.438. The Morgan fingerprint density at radius 2 is 2.10 bits per heavy atom. The van der Waals surface area contributed by atoms with Crippen LogP contribution < -0.4 is 15.8 Å². The number of methoxy groups -OCH3 is 1. The molecule has 0 unspecified atom stereocenters. The lowest BCUT2D eigenvalue weighted by atomic mass is 10.2. The van der Waals surface area contributed by atoms with Crippen LogP contribution in [0.2, 0.25) is 5.02 Å². The number of fused-ring (bicyclic) bond motifs is 1. The predicted molar refractivity (Wildman–Crippen MR) is 108 cm³/mol. The van der Waals surface area contributed by atoms with Crippen molar-refractivity contribution < 1.29 is 17.9 Å². The van der Waals surface area contributed by atoms with E-state index in [9.17, 15) is 13.2 Å². The van der Waals surface area contributed by atoms with E-state index in [1.807, 2.05) is 0 Å². The van der Waals surface area contributed by atoms with Crippen molar-refractivity contribution >= 4 is 39.4 Å². The Labute approximate surface area is 177 Å². The lowest BCUT2D eigenvalue weighted by molar-refractivity contribution is -0.140. The molecule has 0 aliphatic heterocycles. The van der Waals surface area contributed by atoms with E-state index >= 15 is 0 Å². The lowest BCUT2D eigenvalue weighted by Gasteiger charge is -2.07. The van der Waals surface area contributed by atoms with E-state index in [-0.39, 0.29) is 28.6 Å². The summed E-state index contributed by atoms with van der Waals surface area (Å²) in [7, 11) is 1.50. The molecule has 4 aromatic rings. The normalized spacial score (nSPS) is 11.8. The minimum atomic E-state index is -4.69. The highest BCUT2D eigenvalue weighted by Gasteiger charge is 2.39. The molecule has 3 N–H and O–H groups in total. The molecule has 0 aromatic carbocycles. The fraction of sp³-hybridized carbons (Fsp3) is 0.167. The van der Waals surface area contributed by atoms with E-state index in [4.69, 9.17) is 22.1 Å². The summed E-state index contributed by atoms with van der Waals surface area (Å²) in [6.07, 6.45) is -1.67. The number of hydrogen-bond acceptors (Lipinski definition) is 7. The first-order valence-corrected chi connectivity index (χ1v) is 9.76. The molecule has 0 aliphatic carbocycles. The van der Waals surface area contributed by atoms with E-state index in [1.165, 1.54) is 35.4 Å². The highest BCUT2D eigenvalue weighted by atomic mass is 35.5. The van der Waals surface area contributed by atoms with Crippen molar-refractivity contribution in [2.75, 3.05) is 12.4 Å². The number of pyridine rings is 2. The van der Waals surface area contributed by atoms with E-state index < -0.39 is 11.9 Å². The summed E-state index contributed by atoms with van der Waals surface area (Å²) < 4.78 is 47.4. The Bertz CT molecular complexity index is 1210. The third kappa shape index (κ3) is 3.78. The molecule has 4 heterocycles. The van der Waals surface area contributed by atoms with Gasteiger partial charge in [-0.2, -0.15) is 13.2 Å². The molecule has 4 aromatic heterocycles. The number of nitrogens with two attached hydrogens (primary N) is 1. The molecule has 0 spiro atoms. The Hall–Kier alpha value is -2.89. The van der Waals surface area contributed by atoms with Gasteiger partial charge < -0.3 is 15.8 Å². The van der Waals surface area contributed by atoms with Crippen LogP contribution in [0, 0.1) is 0 Å². The van der Waals surface area contributed by atoms with Crippen molar-refractivity contribution in [2.24, 2.45) is 5.73 Å². The summed E-state index contributed by atoms with van der Waals surface area (Å²) in [5, 5.41) is 4.99. The summed E-state index contributed by atoms with van der Waals surface area (Å²) in [6.45, 7) is 0.114. The molecule has 0 aliphatic rings. The topological polar surface area (TPSA) is 90.4 Å². The quantitative estimate of drug-likeness (QED) is 0.453. The van der Waals surface area contributed by atoms with Gasteiger partial charge in [-0.25, -0.2) is 15.0 Å². The van der Waals surface area contributed by atoms with Gasteiger partial charge in [-0.05, 0) is 17.7 Å².